The fourth-order valence-electron chi connectivity index (χ4n) is 1.91. The summed E-state index contributed by atoms with van der Waals surface area (Å²) >= 11 is 2.26. The second kappa shape index (κ2) is 5.29. The molecule has 3 rings (SSSR count). The fourth-order valence-corrected chi connectivity index (χ4v) is 2.69. The van der Waals surface area contributed by atoms with Crippen LogP contribution in [0.15, 0.2) is 35.6 Å². The van der Waals surface area contributed by atoms with Crippen molar-refractivity contribution < 1.29 is 4.74 Å². The van der Waals surface area contributed by atoms with E-state index in [0.717, 1.165) is 26.5 Å². The molecule has 1 aliphatic heterocycles. The van der Waals surface area contributed by atoms with E-state index in [0.29, 0.717) is 0 Å². The van der Waals surface area contributed by atoms with Gasteiger partial charge in [-0.15, -0.1) is 10.6 Å². The van der Waals surface area contributed by atoms with Gasteiger partial charge in [-0.1, -0.05) is 0 Å². The SMILES string of the molecule is COc1ccc(-n2ncc(C3=NNNN3C)c2I)cc1. The number of amidine groups is 1. The van der Waals surface area contributed by atoms with E-state index in [1.165, 1.54) is 0 Å². The third-order valence-corrected chi connectivity index (χ3v) is 4.00. The molecular weight excluding hydrogens is 371 g/mol. The minimum absolute atomic E-state index is 0.800. The van der Waals surface area contributed by atoms with Crippen LogP contribution in [0.25, 0.3) is 5.69 Å². The van der Waals surface area contributed by atoms with Gasteiger partial charge in [0.2, 0.25) is 0 Å². The number of hydrogen-bond donors (Lipinski definition) is 2. The molecule has 2 N–H and O–H groups in total. The lowest BCUT2D eigenvalue weighted by molar-refractivity contribution is 0.349. The lowest BCUT2D eigenvalue weighted by atomic mass is 10.3. The Balaban J connectivity index is 1.97. The normalized spacial score (nSPS) is 14.2. The largest absolute Gasteiger partial charge is 0.497 e. The maximum atomic E-state index is 5.16. The first kappa shape index (κ1) is 13.2. The highest BCUT2D eigenvalue weighted by atomic mass is 127. The van der Waals surface area contributed by atoms with Crippen LogP contribution in [0.4, 0.5) is 0 Å². The Morgan fingerprint density at radius 2 is 2.00 bits per heavy atom. The van der Waals surface area contributed by atoms with Crippen molar-refractivity contribution >= 4 is 28.4 Å². The summed E-state index contributed by atoms with van der Waals surface area (Å²) in [4.78, 5) is 0. The number of nitrogens with zero attached hydrogens (tertiary/aromatic N) is 4. The van der Waals surface area contributed by atoms with E-state index in [9.17, 15) is 0 Å². The number of hydrazine groups is 2. The van der Waals surface area contributed by atoms with Gasteiger partial charge in [-0.05, 0) is 46.9 Å². The van der Waals surface area contributed by atoms with Gasteiger partial charge in [-0.25, -0.2) is 10.2 Å². The minimum Gasteiger partial charge on any atom is -0.497 e. The molecule has 0 saturated heterocycles. The summed E-state index contributed by atoms with van der Waals surface area (Å²) < 4.78 is 8.02. The summed E-state index contributed by atoms with van der Waals surface area (Å²) in [6.07, 6.45) is 1.80. The first-order valence-electron chi connectivity index (χ1n) is 5.91. The van der Waals surface area contributed by atoms with Gasteiger partial charge in [0, 0.05) is 7.05 Å². The Morgan fingerprint density at radius 3 is 2.60 bits per heavy atom. The molecule has 0 saturated carbocycles. The van der Waals surface area contributed by atoms with Crippen molar-refractivity contribution in [3.8, 4) is 11.4 Å². The Labute approximate surface area is 129 Å². The average molecular weight is 384 g/mol. The van der Waals surface area contributed by atoms with Gasteiger partial charge in [-0.3, -0.25) is 5.01 Å². The Kier molecular flexibility index (Phi) is 3.49. The van der Waals surface area contributed by atoms with Gasteiger partial charge in [0.1, 0.15) is 9.45 Å². The molecule has 2 aromatic rings. The molecular formula is C12H13IN6O. The third-order valence-electron chi connectivity index (χ3n) is 2.97. The van der Waals surface area contributed by atoms with Crippen molar-refractivity contribution in [3.63, 3.8) is 0 Å². The van der Waals surface area contributed by atoms with Crippen LogP contribution < -0.4 is 15.8 Å². The fraction of sp³-hybridized carbons (Fsp3) is 0.167. The molecule has 0 aliphatic carbocycles. The summed E-state index contributed by atoms with van der Waals surface area (Å²) in [6, 6.07) is 7.76. The number of rotatable bonds is 3. The summed E-state index contributed by atoms with van der Waals surface area (Å²) in [7, 11) is 3.54. The number of methoxy groups -OCH3 is 1. The van der Waals surface area contributed by atoms with E-state index in [4.69, 9.17) is 4.74 Å². The molecule has 0 unspecified atom stereocenters. The molecule has 0 amide bonds. The van der Waals surface area contributed by atoms with Gasteiger partial charge in [0.25, 0.3) is 0 Å². The zero-order valence-corrected chi connectivity index (χ0v) is 13.1. The monoisotopic (exact) mass is 384 g/mol. The van der Waals surface area contributed by atoms with Gasteiger partial charge < -0.3 is 4.74 Å². The molecule has 104 valence electrons. The van der Waals surface area contributed by atoms with Crippen molar-refractivity contribution in [1.82, 2.24) is 25.9 Å². The highest BCUT2D eigenvalue weighted by Crippen LogP contribution is 2.21. The maximum Gasteiger partial charge on any atom is 0.177 e. The van der Waals surface area contributed by atoms with E-state index in [-0.39, 0.29) is 0 Å². The standard InChI is InChI=1S/C12H13IN6O/c1-18-12(15-16-17-18)10-7-14-19(11(10)13)8-3-5-9(20-2)6-4-8/h3-7,16-17H,1-2H3. The highest BCUT2D eigenvalue weighted by Gasteiger charge is 2.21. The molecule has 8 heteroatoms. The minimum atomic E-state index is 0.800. The molecule has 7 nitrogen and oxygen atoms in total. The van der Waals surface area contributed by atoms with Crippen molar-refractivity contribution in [2.75, 3.05) is 14.2 Å². The summed E-state index contributed by atoms with van der Waals surface area (Å²) in [5, 5.41) is 10.4. The number of ether oxygens (including phenoxy) is 1. The zero-order chi connectivity index (χ0) is 14.1. The molecule has 0 fully saturated rings. The van der Waals surface area contributed by atoms with E-state index in [2.05, 4.69) is 43.9 Å². The summed E-state index contributed by atoms with van der Waals surface area (Å²) in [6.45, 7) is 0. The lowest BCUT2D eigenvalue weighted by Gasteiger charge is -2.11. The van der Waals surface area contributed by atoms with Crippen LogP contribution in [-0.4, -0.2) is 34.8 Å². The van der Waals surface area contributed by atoms with Crippen molar-refractivity contribution in [2.45, 2.75) is 0 Å². The first-order chi connectivity index (χ1) is 9.70. The molecule has 20 heavy (non-hydrogen) atoms. The Bertz CT molecular complexity index is 650. The van der Waals surface area contributed by atoms with Crippen LogP contribution >= 0.6 is 22.6 Å². The predicted molar refractivity (Wildman–Crippen MR) is 83.4 cm³/mol. The first-order valence-corrected chi connectivity index (χ1v) is 6.99. The Morgan fingerprint density at radius 1 is 1.25 bits per heavy atom. The lowest BCUT2D eigenvalue weighted by Crippen LogP contribution is -2.37. The smallest absolute Gasteiger partial charge is 0.177 e. The molecule has 1 aromatic carbocycles. The number of hydrazone groups is 1. The quantitative estimate of drug-likeness (QED) is 0.777. The van der Waals surface area contributed by atoms with Crippen LogP contribution in [0.5, 0.6) is 5.75 Å². The zero-order valence-electron chi connectivity index (χ0n) is 11.0. The number of nitrogens with one attached hydrogen (secondary N) is 2. The number of aromatic nitrogens is 2. The second-order valence-electron chi connectivity index (χ2n) is 4.18. The second-order valence-corrected chi connectivity index (χ2v) is 5.20. The van der Waals surface area contributed by atoms with E-state index in [1.807, 2.05) is 36.0 Å². The van der Waals surface area contributed by atoms with Crippen LogP contribution in [0.1, 0.15) is 5.56 Å². The number of halogens is 1. The molecule has 0 spiro atoms. The average Bonchev–Trinajstić information content (AvgIpc) is 3.05. The molecule has 0 bridgehead atoms. The number of benzene rings is 1. The van der Waals surface area contributed by atoms with Gasteiger partial charge >= 0.3 is 0 Å². The molecule has 1 aliphatic rings. The van der Waals surface area contributed by atoms with Crippen molar-refractivity contribution in [3.05, 3.63) is 39.7 Å². The van der Waals surface area contributed by atoms with E-state index < -0.39 is 0 Å². The third kappa shape index (κ3) is 2.20. The Hall–Kier alpha value is -1.81. The van der Waals surface area contributed by atoms with Gasteiger partial charge in [0.05, 0.1) is 24.6 Å². The number of hydrogen-bond acceptors (Lipinski definition) is 6. The highest BCUT2D eigenvalue weighted by molar-refractivity contribution is 14.1. The molecule has 1 aromatic heterocycles. The molecule has 0 radical (unpaired) electrons. The maximum absolute atomic E-state index is 5.16. The predicted octanol–water partition coefficient (Wildman–Crippen LogP) is 1.10. The molecule has 0 atom stereocenters. The van der Waals surface area contributed by atoms with E-state index >= 15 is 0 Å². The van der Waals surface area contributed by atoms with Crippen LogP contribution in [0, 0.1) is 3.70 Å². The van der Waals surface area contributed by atoms with Crippen LogP contribution in [0.2, 0.25) is 0 Å². The van der Waals surface area contributed by atoms with Gasteiger partial charge in [-0.2, -0.15) is 5.10 Å². The van der Waals surface area contributed by atoms with Crippen LogP contribution in [0.3, 0.4) is 0 Å². The van der Waals surface area contributed by atoms with Gasteiger partial charge in [0.15, 0.2) is 5.84 Å². The van der Waals surface area contributed by atoms with E-state index in [1.54, 1.807) is 18.3 Å². The summed E-state index contributed by atoms with van der Waals surface area (Å²) in [5.74, 6) is 1.62. The molecule has 2 heterocycles. The van der Waals surface area contributed by atoms with Crippen molar-refractivity contribution in [1.29, 1.82) is 0 Å². The summed E-state index contributed by atoms with van der Waals surface area (Å²) in [5.41, 5.74) is 7.54. The van der Waals surface area contributed by atoms with Crippen LogP contribution in [-0.2, 0) is 0 Å². The topological polar surface area (TPSA) is 66.7 Å². The van der Waals surface area contributed by atoms with Crippen molar-refractivity contribution in [2.24, 2.45) is 5.10 Å².